The van der Waals surface area contributed by atoms with Crippen LogP contribution in [0.4, 0.5) is 10.8 Å². The minimum absolute atomic E-state index is 0.0377. The maximum absolute atomic E-state index is 12.2. The molecule has 0 spiro atoms. The molecule has 1 amide bonds. The molecule has 0 unspecified atom stereocenters. The summed E-state index contributed by atoms with van der Waals surface area (Å²) in [6.07, 6.45) is 0. The van der Waals surface area contributed by atoms with E-state index >= 15 is 0 Å². The lowest BCUT2D eigenvalue weighted by molar-refractivity contribution is 0.102. The molecule has 0 aliphatic carbocycles. The maximum atomic E-state index is 12.2. The number of carbonyl (C=O) groups excluding carboxylic acids is 1. The number of nitrogens with one attached hydrogen (secondary N) is 1. The minimum Gasteiger partial charge on any atom is -0.495 e. The number of hydrogen-bond acceptors (Lipinski definition) is 5. The van der Waals surface area contributed by atoms with Gasteiger partial charge in [-0.05, 0) is 18.2 Å². The van der Waals surface area contributed by atoms with Crippen molar-refractivity contribution in [2.45, 2.75) is 26.2 Å². The van der Waals surface area contributed by atoms with E-state index in [1.807, 2.05) is 5.38 Å². The van der Waals surface area contributed by atoms with Gasteiger partial charge in [0.1, 0.15) is 5.75 Å². The van der Waals surface area contributed by atoms with Crippen LogP contribution in [0.25, 0.3) is 0 Å². The number of anilines is 2. The zero-order valence-electron chi connectivity index (χ0n) is 12.6. The first-order chi connectivity index (χ1) is 9.81. The molecule has 0 saturated carbocycles. The summed E-state index contributed by atoms with van der Waals surface area (Å²) >= 11 is 1.41. The second-order valence-electron chi connectivity index (χ2n) is 5.70. The van der Waals surface area contributed by atoms with Crippen molar-refractivity contribution < 1.29 is 9.53 Å². The van der Waals surface area contributed by atoms with Gasteiger partial charge in [-0.15, -0.1) is 11.3 Å². The third-order valence-electron chi connectivity index (χ3n) is 2.98. The van der Waals surface area contributed by atoms with Gasteiger partial charge >= 0.3 is 0 Å². The second kappa shape index (κ2) is 5.73. The molecule has 2 rings (SSSR count). The summed E-state index contributed by atoms with van der Waals surface area (Å²) < 4.78 is 5.07. The topological polar surface area (TPSA) is 77.2 Å². The van der Waals surface area contributed by atoms with Gasteiger partial charge in [0, 0.05) is 16.4 Å². The Morgan fingerprint density at radius 1 is 1.38 bits per heavy atom. The van der Waals surface area contributed by atoms with Gasteiger partial charge in [-0.1, -0.05) is 20.8 Å². The van der Waals surface area contributed by atoms with Crippen molar-refractivity contribution in [1.29, 1.82) is 0 Å². The Balaban J connectivity index is 2.14. The summed E-state index contributed by atoms with van der Waals surface area (Å²) in [5.74, 6) is 0.315. The van der Waals surface area contributed by atoms with Crippen molar-refractivity contribution in [2.24, 2.45) is 0 Å². The molecule has 3 N–H and O–H groups in total. The molecule has 0 fully saturated rings. The predicted octanol–water partition coefficient (Wildman–Crippen LogP) is 3.28. The number of benzene rings is 1. The number of nitrogens with zero attached hydrogens (tertiary/aromatic N) is 1. The van der Waals surface area contributed by atoms with Gasteiger partial charge in [0.25, 0.3) is 5.91 Å². The molecule has 1 heterocycles. The quantitative estimate of drug-likeness (QED) is 0.853. The fourth-order valence-corrected chi connectivity index (χ4v) is 2.65. The summed E-state index contributed by atoms with van der Waals surface area (Å²) in [5.41, 5.74) is 7.63. The lowest BCUT2D eigenvalue weighted by atomic mass is 9.93. The average Bonchev–Trinajstić information content (AvgIpc) is 2.87. The van der Waals surface area contributed by atoms with Crippen LogP contribution in [-0.4, -0.2) is 18.0 Å². The van der Waals surface area contributed by atoms with Crippen LogP contribution in [0, 0.1) is 0 Å². The summed E-state index contributed by atoms with van der Waals surface area (Å²) in [4.78, 5) is 16.6. The van der Waals surface area contributed by atoms with Crippen molar-refractivity contribution in [3.05, 3.63) is 34.8 Å². The van der Waals surface area contributed by atoms with Crippen LogP contribution in [-0.2, 0) is 5.41 Å². The molecule has 2 aromatic rings. The Bertz CT molecular complexity index is 659. The summed E-state index contributed by atoms with van der Waals surface area (Å²) in [6.45, 7) is 6.24. The van der Waals surface area contributed by atoms with E-state index in [0.29, 0.717) is 22.1 Å². The summed E-state index contributed by atoms with van der Waals surface area (Å²) in [5, 5.41) is 5.33. The van der Waals surface area contributed by atoms with Gasteiger partial charge < -0.3 is 10.5 Å². The first kappa shape index (κ1) is 15.3. The molecule has 1 aromatic carbocycles. The lowest BCUT2D eigenvalue weighted by Crippen LogP contribution is -2.14. The largest absolute Gasteiger partial charge is 0.495 e. The van der Waals surface area contributed by atoms with E-state index in [1.54, 1.807) is 18.2 Å². The van der Waals surface area contributed by atoms with Gasteiger partial charge in [0.05, 0.1) is 18.5 Å². The highest BCUT2D eigenvalue weighted by atomic mass is 32.1. The van der Waals surface area contributed by atoms with Crippen molar-refractivity contribution in [2.75, 3.05) is 18.2 Å². The van der Waals surface area contributed by atoms with E-state index < -0.39 is 0 Å². The van der Waals surface area contributed by atoms with Gasteiger partial charge in [-0.3, -0.25) is 10.1 Å². The Labute approximate surface area is 128 Å². The predicted molar refractivity (Wildman–Crippen MR) is 86.2 cm³/mol. The van der Waals surface area contributed by atoms with Crippen LogP contribution in [0.15, 0.2) is 23.6 Å². The standard InChI is InChI=1S/C15H19N3O2S/c1-15(2,3)12-8-21-14(17-12)18-13(19)9-5-6-11(20-4)10(16)7-9/h5-8H,16H2,1-4H3,(H,17,18,19). The molecule has 0 saturated heterocycles. The van der Waals surface area contributed by atoms with Crippen LogP contribution in [0.3, 0.4) is 0 Å². The van der Waals surface area contributed by atoms with Gasteiger partial charge in [-0.2, -0.15) is 0 Å². The highest BCUT2D eigenvalue weighted by Crippen LogP contribution is 2.27. The maximum Gasteiger partial charge on any atom is 0.257 e. The number of methoxy groups -OCH3 is 1. The molecule has 21 heavy (non-hydrogen) atoms. The first-order valence-corrected chi connectivity index (χ1v) is 7.40. The zero-order valence-corrected chi connectivity index (χ0v) is 13.4. The Kier molecular flexibility index (Phi) is 4.18. The molecule has 1 aromatic heterocycles. The van der Waals surface area contributed by atoms with Crippen molar-refractivity contribution in [3.8, 4) is 5.75 Å². The number of thiazole rings is 1. The number of nitrogen functional groups attached to an aromatic ring is 1. The number of carbonyl (C=O) groups is 1. The Morgan fingerprint density at radius 3 is 2.62 bits per heavy atom. The van der Waals surface area contributed by atoms with Crippen molar-refractivity contribution in [1.82, 2.24) is 4.98 Å². The van der Waals surface area contributed by atoms with Crippen LogP contribution >= 0.6 is 11.3 Å². The van der Waals surface area contributed by atoms with E-state index in [4.69, 9.17) is 10.5 Å². The van der Waals surface area contributed by atoms with Gasteiger partial charge in [0.2, 0.25) is 0 Å². The normalized spacial score (nSPS) is 11.2. The van der Waals surface area contributed by atoms with Crippen molar-refractivity contribution >= 4 is 28.1 Å². The molecular weight excluding hydrogens is 286 g/mol. The first-order valence-electron chi connectivity index (χ1n) is 6.52. The Hall–Kier alpha value is -2.08. The smallest absolute Gasteiger partial charge is 0.257 e. The monoisotopic (exact) mass is 305 g/mol. The number of nitrogens with two attached hydrogens (primary N) is 1. The molecule has 0 atom stereocenters. The van der Waals surface area contributed by atoms with E-state index in [9.17, 15) is 4.79 Å². The zero-order chi connectivity index (χ0) is 15.6. The van der Waals surface area contributed by atoms with E-state index in [-0.39, 0.29) is 11.3 Å². The molecule has 6 heteroatoms. The highest BCUT2D eigenvalue weighted by Gasteiger charge is 2.18. The summed E-state index contributed by atoms with van der Waals surface area (Å²) in [6, 6.07) is 4.93. The molecule has 5 nitrogen and oxygen atoms in total. The summed E-state index contributed by atoms with van der Waals surface area (Å²) in [7, 11) is 1.54. The van der Waals surface area contributed by atoms with Crippen LogP contribution in [0.1, 0.15) is 36.8 Å². The van der Waals surface area contributed by atoms with Crippen LogP contribution < -0.4 is 15.8 Å². The molecule has 0 radical (unpaired) electrons. The molecular formula is C15H19N3O2S. The highest BCUT2D eigenvalue weighted by molar-refractivity contribution is 7.14. The average molecular weight is 305 g/mol. The third-order valence-corrected chi connectivity index (χ3v) is 3.74. The molecule has 0 aliphatic heterocycles. The third kappa shape index (κ3) is 3.52. The lowest BCUT2D eigenvalue weighted by Gasteiger charge is -2.14. The fourth-order valence-electron chi connectivity index (χ4n) is 1.72. The molecule has 0 aliphatic rings. The molecule has 112 valence electrons. The Morgan fingerprint density at radius 2 is 2.10 bits per heavy atom. The van der Waals surface area contributed by atoms with Crippen molar-refractivity contribution in [3.63, 3.8) is 0 Å². The number of aromatic nitrogens is 1. The van der Waals surface area contributed by atoms with Crippen LogP contribution in [0.5, 0.6) is 5.75 Å². The van der Waals surface area contributed by atoms with E-state index in [1.165, 1.54) is 18.4 Å². The van der Waals surface area contributed by atoms with E-state index in [0.717, 1.165) is 5.69 Å². The minimum atomic E-state index is -0.237. The van der Waals surface area contributed by atoms with E-state index in [2.05, 4.69) is 31.1 Å². The van der Waals surface area contributed by atoms with Gasteiger partial charge in [0.15, 0.2) is 5.13 Å². The number of rotatable bonds is 3. The number of ether oxygens (including phenoxy) is 1. The fraction of sp³-hybridized carbons (Fsp3) is 0.333. The SMILES string of the molecule is COc1ccc(C(=O)Nc2nc(C(C)(C)C)cs2)cc1N. The second-order valence-corrected chi connectivity index (χ2v) is 6.56. The number of amides is 1. The number of hydrogen-bond donors (Lipinski definition) is 2. The van der Waals surface area contributed by atoms with Gasteiger partial charge in [-0.25, -0.2) is 4.98 Å². The van der Waals surface area contributed by atoms with Crippen LogP contribution in [0.2, 0.25) is 0 Å². The molecule has 0 bridgehead atoms.